The Labute approximate surface area is 126 Å². The molecule has 0 radical (unpaired) electrons. The van der Waals surface area contributed by atoms with Gasteiger partial charge in [0, 0.05) is 17.0 Å². The number of fused-ring (bicyclic) bond motifs is 1. The molecule has 2 aromatic rings. The number of esters is 1. The molecule has 112 valence electrons. The molecule has 0 aliphatic carbocycles. The zero-order chi connectivity index (χ0) is 15.1. The molecular weight excluding hydrogens is 262 g/mol. The molecule has 0 N–H and O–H groups in total. The van der Waals surface area contributed by atoms with Crippen molar-refractivity contribution in [1.29, 1.82) is 0 Å². The van der Waals surface area contributed by atoms with E-state index in [1.165, 1.54) is 0 Å². The number of pyridine rings is 1. The summed E-state index contributed by atoms with van der Waals surface area (Å²) in [5, 5.41) is 1.13. The molecule has 0 bridgehead atoms. The number of carbonyl (C=O) groups is 1. The van der Waals surface area contributed by atoms with Crippen molar-refractivity contribution in [3.8, 4) is 0 Å². The van der Waals surface area contributed by atoms with E-state index in [0.717, 1.165) is 35.9 Å². The molecule has 21 heavy (non-hydrogen) atoms. The van der Waals surface area contributed by atoms with E-state index in [1.807, 2.05) is 31.2 Å². The summed E-state index contributed by atoms with van der Waals surface area (Å²) in [5.41, 5.74) is 1.97. The van der Waals surface area contributed by atoms with Gasteiger partial charge in [-0.2, -0.15) is 0 Å². The SMILES string of the molecule is CCCOC(=O)CC(CCC)c1ccc2ccccc2n1. The molecule has 0 fully saturated rings. The minimum atomic E-state index is -0.120. The van der Waals surface area contributed by atoms with Gasteiger partial charge in [0.05, 0.1) is 18.5 Å². The van der Waals surface area contributed by atoms with Crippen molar-refractivity contribution in [3.63, 3.8) is 0 Å². The summed E-state index contributed by atoms with van der Waals surface area (Å²) in [6.45, 7) is 4.63. The van der Waals surface area contributed by atoms with Crippen molar-refractivity contribution in [1.82, 2.24) is 4.98 Å². The van der Waals surface area contributed by atoms with Gasteiger partial charge in [0.15, 0.2) is 0 Å². The maximum atomic E-state index is 11.9. The van der Waals surface area contributed by atoms with Crippen LogP contribution in [0.3, 0.4) is 0 Å². The zero-order valence-corrected chi connectivity index (χ0v) is 12.8. The van der Waals surface area contributed by atoms with E-state index in [9.17, 15) is 4.79 Å². The lowest BCUT2D eigenvalue weighted by Gasteiger charge is -2.15. The van der Waals surface area contributed by atoms with E-state index in [0.29, 0.717) is 13.0 Å². The monoisotopic (exact) mass is 285 g/mol. The lowest BCUT2D eigenvalue weighted by Crippen LogP contribution is -2.12. The first-order chi connectivity index (χ1) is 10.2. The fourth-order valence-electron chi connectivity index (χ4n) is 2.49. The summed E-state index contributed by atoms with van der Waals surface area (Å²) in [5.74, 6) is 0.0224. The van der Waals surface area contributed by atoms with Crippen LogP contribution in [0.25, 0.3) is 10.9 Å². The molecule has 0 saturated carbocycles. The summed E-state index contributed by atoms with van der Waals surface area (Å²) in [4.78, 5) is 16.6. The van der Waals surface area contributed by atoms with Crippen LogP contribution in [-0.4, -0.2) is 17.6 Å². The second-order valence-electron chi connectivity index (χ2n) is 5.34. The maximum Gasteiger partial charge on any atom is 0.306 e. The van der Waals surface area contributed by atoms with Crippen LogP contribution in [0.15, 0.2) is 36.4 Å². The average molecular weight is 285 g/mol. The van der Waals surface area contributed by atoms with Crippen LogP contribution >= 0.6 is 0 Å². The number of carbonyl (C=O) groups excluding carboxylic acids is 1. The molecular formula is C18H23NO2. The van der Waals surface area contributed by atoms with Gasteiger partial charge in [0.2, 0.25) is 0 Å². The first-order valence-electron chi connectivity index (χ1n) is 7.76. The highest BCUT2D eigenvalue weighted by atomic mass is 16.5. The number of para-hydroxylation sites is 1. The summed E-state index contributed by atoms with van der Waals surface area (Å²) in [7, 11) is 0. The van der Waals surface area contributed by atoms with Gasteiger partial charge in [-0.1, -0.05) is 44.5 Å². The van der Waals surface area contributed by atoms with Gasteiger partial charge in [-0.05, 0) is 25.0 Å². The van der Waals surface area contributed by atoms with Gasteiger partial charge in [-0.25, -0.2) is 0 Å². The van der Waals surface area contributed by atoms with Gasteiger partial charge in [-0.3, -0.25) is 9.78 Å². The fraction of sp³-hybridized carbons (Fsp3) is 0.444. The highest BCUT2D eigenvalue weighted by Crippen LogP contribution is 2.25. The Kier molecular flexibility index (Phi) is 5.73. The van der Waals surface area contributed by atoms with E-state index in [2.05, 4.69) is 19.1 Å². The standard InChI is InChI=1S/C18H23NO2/c1-3-7-15(13-18(20)21-12-4-2)17-11-10-14-8-5-6-9-16(14)19-17/h5-6,8-11,15H,3-4,7,12-13H2,1-2H3. The topological polar surface area (TPSA) is 39.2 Å². The molecule has 0 aliphatic heterocycles. The minimum Gasteiger partial charge on any atom is -0.466 e. The average Bonchev–Trinajstić information content (AvgIpc) is 2.52. The number of hydrogen-bond acceptors (Lipinski definition) is 3. The molecule has 3 heteroatoms. The largest absolute Gasteiger partial charge is 0.466 e. The van der Waals surface area contributed by atoms with Gasteiger partial charge in [0.1, 0.15) is 0 Å². The summed E-state index contributed by atoms with van der Waals surface area (Å²) >= 11 is 0. The Bertz CT molecular complexity index is 595. The first kappa shape index (κ1) is 15.5. The van der Waals surface area contributed by atoms with Gasteiger partial charge in [0.25, 0.3) is 0 Å². The van der Waals surface area contributed by atoms with Gasteiger partial charge in [-0.15, -0.1) is 0 Å². The van der Waals surface area contributed by atoms with Crippen LogP contribution in [0.4, 0.5) is 0 Å². The van der Waals surface area contributed by atoms with Crippen molar-refractivity contribution in [2.75, 3.05) is 6.61 Å². The Balaban J connectivity index is 2.17. The molecule has 3 nitrogen and oxygen atoms in total. The number of rotatable bonds is 7. The number of hydrogen-bond donors (Lipinski definition) is 0. The number of benzene rings is 1. The molecule has 0 aliphatic rings. The lowest BCUT2D eigenvalue weighted by atomic mass is 9.95. The van der Waals surface area contributed by atoms with E-state index < -0.39 is 0 Å². The van der Waals surface area contributed by atoms with E-state index >= 15 is 0 Å². The van der Waals surface area contributed by atoms with Crippen LogP contribution in [0.5, 0.6) is 0 Å². The highest BCUT2D eigenvalue weighted by molar-refractivity contribution is 5.78. The predicted octanol–water partition coefficient (Wildman–Crippen LogP) is 4.46. The Hall–Kier alpha value is -1.90. The summed E-state index contributed by atoms with van der Waals surface area (Å²) < 4.78 is 5.21. The summed E-state index contributed by atoms with van der Waals surface area (Å²) in [6.07, 6.45) is 3.25. The second-order valence-corrected chi connectivity index (χ2v) is 5.34. The van der Waals surface area contributed by atoms with E-state index in [4.69, 9.17) is 9.72 Å². The molecule has 0 saturated heterocycles. The minimum absolute atomic E-state index is 0.120. The zero-order valence-electron chi connectivity index (χ0n) is 12.8. The molecule has 2 rings (SSSR count). The molecule has 1 aromatic heterocycles. The third-order valence-electron chi connectivity index (χ3n) is 3.56. The van der Waals surface area contributed by atoms with Crippen LogP contribution in [0, 0.1) is 0 Å². The van der Waals surface area contributed by atoms with Crippen molar-refractivity contribution in [3.05, 3.63) is 42.1 Å². The quantitative estimate of drug-likeness (QED) is 0.705. The van der Waals surface area contributed by atoms with Crippen molar-refractivity contribution in [2.45, 2.75) is 45.4 Å². The van der Waals surface area contributed by atoms with Crippen LogP contribution in [-0.2, 0) is 9.53 Å². The molecule has 1 unspecified atom stereocenters. The third kappa shape index (κ3) is 4.28. The Morgan fingerprint density at radius 3 is 2.71 bits per heavy atom. The third-order valence-corrected chi connectivity index (χ3v) is 3.56. The summed E-state index contributed by atoms with van der Waals surface area (Å²) in [6, 6.07) is 12.2. The van der Waals surface area contributed by atoms with Gasteiger partial charge >= 0.3 is 5.97 Å². The van der Waals surface area contributed by atoms with Crippen LogP contribution in [0.1, 0.15) is 51.1 Å². The first-order valence-corrected chi connectivity index (χ1v) is 7.76. The molecule has 1 atom stereocenters. The van der Waals surface area contributed by atoms with Crippen molar-refractivity contribution < 1.29 is 9.53 Å². The fourth-order valence-corrected chi connectivity index (χ4v) is 2.49. The van der Waals surface area contributed by atoms with Gasteiger partial charge < -0.3 is 4.74 Å². The number of ether oxygens (including phenoxy) is 1. The van der Waals surface area contributed by atoms with E-state index in [1.54, 1.807) is 0 Å². The maximum absolute atomic E-state index is 11.9. The molecule has 1 aromatic carbocycles. The van der Waals surface area contributed by atoms with E-state index in [-0.39, 0.29) is 11.9 Å². The molecule has 1 heterocycles. The van der Waals surface area contributed by atoms with Crippen molar-refractivity contribution >= 4 is 16.9 Å². The second kappa shape index (κ2) is 7.77. The predicted molar refractivity (Wildman–Crippen MR) is 85.3 cm³/mol. The van der Waals surface area contributed by atoms with Crippen molar-refractivity contribution in [2.24, 2.45) is 0 Å². The van der Waals surface area contributed by atoms with Crippen LogP contribution < -0.4 is 0 Å². The Morgan fingerprint density at radius 2 is 1.95 bits per heavy atom. The number of nitrogens with zero attached hydrogens (tertiary/aromatic N) is 1. The smallest absolute Gasteiger partial charge is 0.306 e. The highest BCUT2D eigenvalue weighted by Gasteiger charge is 2.18. The Morgan fingerprint density at radius 1 is 1.14 bits per heavy atom. The van der Waals surface area contributed by atoms with Crippen LogP contribution in [0.2, 0.25) is 0 Å². The molecule has 0 amide bonds. The normalized spacial score (nSPS) is 12.3. The molecule has 0 spiro atoms. The lowest BCUT2D eigenvalue weighted by molar-refractivity contribution is -0.144. The number of aromatic nitrogens is 1.